The number of carbonyl (C=O) groups is 2. The highest BCUT2D eigenvalue weighted by Crippen LogP contribution is 2.31. The Balaban J connectivity index is 1.44. The van der Waals surface area contributed by atoms with Gasteiger partial charge in [0.15, 0.2) is 0 Å². The van der Waals surface area contributed by atoms with Gasteiger partial charge in [-0.15, -0.1) is 0 Å². The molecule has 1 aliphatic heterocycles. The molecule has 2 amide bonds. The summed E-state index contributed by atoms with van der Waals surface area (Å²) in [7, 11) is 0. The second kappa shape index (κ2) is 8.87. The van der Waals surface area contributed by atoms with Gasteiger partial charge in [0.05, 0.1) is 6.10 Å². The maximum absolute atomic E-state index is 12.5. The fourth-order valence-electron chi connectivity index (χ4n) is 3.76. The molecule has 1 saturated carbocycles. The Morgan fingerprint density at radius 3 is 2.46 bits per heavy atom. The van der Waals surface area contributed by atoms with Gasteiger partial charge in [-0.1, -0.05) is 17.7 Å². The molecule has 1 aliphatic carbocycles. The largest absolute Gasteiger partial charge is 0.376 e. The van der Waals surface area contributed by atoms with Gasteiger partial charge >= 0.3 is 0 Å². The van der Waals surface area contributed by atoms with Crippen molar-refractivity contribution < 1.29 is 14.3 Å². The number of rotatable bonds is 5. The molecule has 1 unspecified atom stereocenters. The van der Waals surface area contributed by atoms with Crippen molar-refractivity contribution in [2.75, 3.05) is 18.5 Å². The molecular formula is C20H27ClN2O3. The Morgan fingerprint density at radius 2 is 1.81 bits per heavy atom. The highest BCUT2D eigenvalue weighted by atomic mass is 35.5. The van der Waals surface area contributed by atoms with Crippen LogP contribution in [0, 0.1) is 18.8 Å². The second-order valence-electron chi connectivity index (χ2n) is 7.33. The van der Waals surface area contributed by atoms with Crippen LogP contribution in [0.4, 0.5) is 5.69 Å². The zero-order valence-electron chi connectivity index (χ0n) is 15.2. The molecule has 0 aromatic heterocycles. The van der Waals surface area contributed by atoms with Gasteiger partial charge in [-0.05, 0) is 63.1 Å². The van der Waals surface area contributed by atoms with Crippen molar-refractivity contribution in [2.24, 2.45) is 11.8 Å². The normalized spacial score (nSPS) is 25.7. The highest BCUT2D eigenvalue weighted by molar-refractivity contribution is 6.31. The summed E-state index contributed by atoms with van der Waals surface area (Å²) in [5.41, 5.74) is 1.64. The zero-order valence-corrected chi connectivity index (χ0v) is 16.0. The lowest BCUT2D eigenvalue weighted by Gasteiger charge is -2.27. The summed E-state index contributed by atoms with van der Waals surface area (Å²) in [6, 6.07) is 5.51. The number of hydrogen-bond donors (Lipinski definition) is 2. The van der Waals surface area contributed by atoms with Crippen LogP contribution in [0.2, 0.25) is 5.02 Å². The quantitative estimate of drug-likeness (QED) is 0.821. The van der Waals surface area contributed by atoms with Crippen LogP contribution in [0.3, 0.4) is 0 Å². The first-order valence-electron chi connectivity index (χ1n) is 9.50. The molecule has 26 heavy (non-hydrogen) atoms. The Morgan fingerprint density at radius 1 is 1.12 bits per heavy atom. The molecule has 1 atom stereocenters. The number of amides is 2. The second-order valence-corrected chi connectivity index (χ2v) is 7.74. The minimum absolute atomic E-state index is 0.00774. The summed E-state index contributed by atoms with van der Waals surface area (Å²) >= 11 is 6.11. The minimum atomic E-state index is -0.0457. The maximum atomic E-state index is 12.5. The van der Waals surface area contributed by atoms with Crippen molar-refractivity contribution >= 4 is 29.1 Å². The Bertz CT molecular complexity index is 650. The van der Waals surface area contributed by atoms with Gasteiger partial charge in [0.1, 0.15) is 0 Å². The first-order valence-corrected chi connectivity index (χ1v) is 9.87. The van der Waals surface area contributed by atoms with E-state index in [1.165, 1.54) is 0 Å². The molecule has 0 spiro atoms. The molecule has 3 rings (SSSR count). The molecule has 2 N–H and O–H groups in total. The van der Waals surface area contributed by atoms with Crippen molar-refractivity contribution in [3.63, 3.8) is 0 Å². The van der Waals surface area contributed by atoms with E-state index in [0.29, 0.717) is 11.6 Å². The first kappa shape index (κ1) is 19.2. The molecule has 0 bridgehead atoms. The van der Waals surface area contributed by atoms with E-state index in [4.69, 9.17) is 16.3 Å². The average molecular weight is 379 g/mol. The van der Waals surface area contributed by atoms with Gasteiger partial charge in [0.25, 0.3) is 0 Å². The van der Waals surface area contributed by atoms with Gasteiger partial charge in [-0.3, -0.25) is 9.59 Å². The van der Waals surface area contributed by atoms with Crippen LogP contribution in [0.15, 0.2) is 18.2 Å². The van der Waals surface area contributed by atoms with Crippen LogP contribution in [0.25, 0.3) is 0 Å². The molecular weight excluding hydrogens is 352 g/mol. The SMILES string of the molecule is Cc1c(Cl)cccc1NC(=O)C1CCC(C(=O)NCC2CCCO2)CC1. The first-order chi connectivity index (χ1) is 12.5. The number of anilines is 1. The summed E-state index contributed by atoms with van der Waals surface area (Å²) < 4.78 is 5.54. The predicted molar refractivity (Wildman–Crippen MR) is 102 cm³/mol. The van der Waals surface area contributed by atoms with Gasteiger partial charge in [0, 0.05) is 35.7 Å². The Labute approximate surface area is 159 Å². The number of ether oxygens (including phenoxy) is 1. The zero-order chi connectivity index (χ0) is 18.5. The number of nitrogens with one attached hydrogen (secondary N) is 2. The molecule has 2 aliphatic rings. The van der Waals surface area contributed by atoms with Crippen molar-refractivity contribution in [3.05, 3.63) is 28.8 Å². The fourth-order valence-corrected chi connectivity index (χ4v) is 3.93. The van der Waals surface area contributed by atoms with Crippen LogP contribution < -0.4 is 10.6 Å². The summed E-state index contributed by atoms with van der Waals surface area (Å²) in [4.78, 5) is 24.9. The lowest BCUT2D eigenvalue weighted by molar-refractivity contribution is -0.128. The van der Waals surface area contributed by atoms with E-state index < -0.39 is 0 Å². The Kier molecular flexibility index (Phi) is 6.54. The smallest absolute Gasteiger partial charge is 0.227 e. The van der Waals surface area contributed by atoms with Crippen molar-refractivity contribution in [3.8, 4) is 0 Å². The summed E-state index contributed by atoms with van der Waals surface area (Å²) in [5.74, 6) is 0.0857. The fraction of sp³-hybridized carbons (Fsp3) is 0.600. The van der Waals surface area contributed by atoms with E-state index in [0.717, 1.165) is 56.4 Å². The number of carbonyl (C=O) groups excluding carboxylic acids is 2. The lowest BCUT2D eigenvalue weighted by atomic mass is 9.81. The third-order valence-corrected chi connectivity index (χ3v) is 5.93. The summed E-state index contributed by atoms with van der Waals surface area (Å²) in [5, 5.41) is 6.65. The number of halogens is 1. The molecule has 5 nitrogen and oxygen atoms in total. The molecule has 1 heterocycles. The topological polar surface area (TPSA) is 67.4 Å². The van der Waals surface area contributed by atoms with E-state index in [9.17, 15) is 9.59 Å². The molecule has 0 radical (unpaired) electrons. The maximum Gasteiger partial charge on any atom is 0.227 e. The highest BCUT2D eigenvalue weighted by Gasteiger charge is 2.30. The predicted octanol–water partition coefficient (Wildman–Crippen LogP) is 3.69. The van der Waals surface area contributed by atoms with Gasteiger partial charge < -0.3 is 15.4 Å². The van der Waals surface area contributed by atoms with Crippen LogP contribution in [-0.2, 0) is 14.3 Å². The van der Waals surface area contributed by atoms with Gasteiger partial charge in [0.2, 0.25) is 11.8 Å². The standard InChI is InChI=1S/C20H27ClN2O3/c1-13-17(21)5-2-6-18(13)23-20(25)15-9-7-14(8-10-15)19(24)22-12-16-4-3-11-26-16/h2,5-6,14-16H,3-4,7-12H2,1H3,(H,22,24)(H,23,25). The number of benzene rings is 1. The molecule has 1 saturated heterocycles. The van der Waals surface area contributed by atoms with Crippen LogP contribution in [0.5, 0.6) is 0 Å². The summed E-state index contributed by atoms with van der Waals surface area (Å²) in [6.45, 7) is 3.30. The average Bonchev–Trinajstić information content (AvgIpc) is 3.17. The third kappa shape index (κ3) is 4.77. The van der Waals surface area contributed by atoms with Crippen LogP contribution >= 0.6 is 11.6 Å². The summed E-state index contributed by atoms with van der Waals surface area (Å²) in [6.07, 6.45) is 5.26. The molecule has 142 valence electrons. The molecule has 2 fully saturated rings. The monoisotopic (exact) mass is 378 g/mol. The molecule has 1 aromatic rings. The van der Waals surface area contributed by atoms with E-state index in [1.807, 2.05) is 25.1 Å². The van der Waals surface area contributed by atoms with E-state index in [-0.39, 0.29) is 29.8 Å². The Hall–Kier alpha value is -1.59. The van der Waals surface area contributed by atoms with Crippen molar-refractivity contribution in [2.45, 2.75) is 51.6 Å². The minimum Gasteiger partial charge on any atom is -0.376 e. The lowest BCUT2D eigenvalue weighted by Crippen LogP contribution is -2.38. The van der Waals surface area contributed by atoms with E-state index >= 15 is 0 Å². The van der Waals surface area contributed by atoms with E-state index in [1.54, 1.807) is 0 Å². The van der Waals surface area contributed by atoms with E-state index in [2.05, 4.69) is 10.6 Å². The van der Waals surface area contributed by atoms with Crippen molar-refractivity contribution in [1.29, 1.82) is 0 Å². The van der Waals surface area contributed by atoms with Crippen LogP contribution in [0.1, 0.15) is 44.1 Å². The number of hydrogen-bond acceptors (Lipinski definition) is 3. The van der Waals surface area contributed by atoms with Gasteiger partial charge in [-0.25, -0.2) is 0 Å². The molecule has 1 aromatic carbocycles. The molecule has 6 heteroatoms. The van der Waals surface area contributed by atoms with Gasteiger partial charge in [-0.2, -0.15) is 0 Å². The van der Waals surface area contributed by atoms with Crippen molar-refractivity contribution in [1.82, 2.24) is 5.32 Å². The van der Waals surface area contributed by atoms with Crippen LogP contribution in [-0.4, -0.2) is 31.1 Å². The third-order valence-electron chi connectivity index (χ3n) is 5.52.